The maximum atomic E-state index is 12.3. The zero-order valence-corrected chi connectivity index (χ0v) is 16.4. The van der Waals surface area contributed by atoms with Gasteiger partial charge in [-0.15, -0.1) is 0 Å². The molecule has 0 aliphatic carbocycles. The SMILES string of the molecule is C[C@H](c1nc2ccccc2c(=O)[nH]1)N(C)Cc1ccc(-c2ccc(Cl)cc2)o1. The molecule has 0 aliphatic rings. The van der Waals surface area contributed by atoms with Gasteiger partial charge in [0.15, 0.2) is 0 Å². The number of hydrogen-bond donors (Lipinski definition) is 1. The van der Waals surface area contributed by atoms with Crippen molar-refractivity contribution in [3.63, 3.8) is 0 Å². The van der Waals surface area contributed by atoms with Crippen LogP contribution in [-0.4, -0.2) is 21.9 Å². The zero-order valence-electron chi connectivity index (χ0n) is 15.6. The predicted molar refractivity (Wildman–Crippen MR) is 111 cm³/mol. The first-order chi connectivity index (χ1) is 13.5. The van der Waals surface area contributed by atoms with Crippen molar-refractivity contribution in [2.75, 3.05) is 7.05 Å². The average Bonchev–Trinajstić information content (AvgIpc) is 3.16. The molecule has 0 unspecified atom stereocenters. The van der Waals surface area contributed by atoms with E-state index >= 15 is 0 Å². The van der Waals surface area contributed by atoms with Crippen LogP contribution in [0, 0.1) is 0 Å². The molecule has 1 atom stereocenters. The van der Waals surface area contributed by atoms with Crippen molar-refractivity contribution in [3.8, 4) is 11.3 Å². The highest BCUT2D eigenvalue weighted by molar-refractivity contribution is 6.30. The van der Waals surface area contributed by atoms with Crippen molar-refractivity contribution in [2.45, 2.75) is 19.5 Å². The molecule has 0 spiro atoms. The number of benzene rings is 2. The lowest BCUT2D eigenvalue weighted by Gasteiger charge is -2.23. The van der Waals surface area contributed by atoms with Crippen LogP contribution in [0.1, 0.15) is 24.6 Å². The minimum absolute atomic E-state index is 0.0820. The van der Waals surface area contributed by atoms with Gasteiger partial charge in [-0.3, -0.25) is 9.69 Å². The van der Waals surface area contributed by atoms with Crippen LogP contribution < -0.4 is 5.56 Å². The van der Waals surface area contributed by atoms with E-state index in [1.807, 2.05) is 68.6 Å². The lowest BCUT2D eigenvalue weighted by Crippen LogP contribution is -2.25. The molecule has 0 fully saturated rings. The van der Waals surface area contributed by atoms with Crippen molar-refractivity contribution < 1.29 is 4.42 Å². The lowest BCUT2D eigenvalue weighted by molar-refractivity contribution is 0.225. The zero-order chi connectivity index (χ0) is 19.7. The largest absolute Gasteiger partial charge is 0.460 e. The molecular formula is C22H20ClN3O2. The van der Waals surface area contributed by atoms with Gasteiger partial charge in [0.1, 0.15) is 17.3 Å². The molecule has 28 heavy (non-hydrogen) atoms. The standard InChI is InChI=1S/C22H20ClN3O2/c1-14(21-24-19-6-4-3-5-18(19)22(27)25-21)26(2)13-17-11-12-20(28-17)15-7-9-16(23)10-8-15/h3-12,14H,13H2,1-2H3,(H,24,25,27)/t14-/m1/s1. The monoisotopic (exact) mass is 393 g/mol. The Hall–Kier alpha value is -2.89. The third kappa shape index (κ3) is 3.72. The number of nitrogens with one attached hydrogen (secondary N) is 1. The molecule has 0 saturated heterocycles. The van der Waals surface area contributed by atoms with E-state index in [-0.39, 0.29) is 11.6 Å². The van der Waals surface area contributed by atoms with E-state index < -0.39 is 0 Å². The van der Waals surface area contributed by atoms with E-state index in [0.29, 0.717) is 28.3 Å². The van der Waals surface area contributed by atoms with Crippen molar-refractivity contribution in [2.24, 2.45) is 0 Å². The molecule has 2 heterocycles. The number of para-hydroxylation sites is 1. The van der Waals surface area contributed by atoms with Gasteiger partial charge in [0.2, 0.25) is 0 Å². The van der Waals surface area contributed by atoms with Crippen LogP contribution in [0.25, 0.3) is 22.2 Å². The van der Waals surface area contributed by atoms with Crippen LogP contribution >= 0.6 is 11.6 Å². The second-order valence-corrected chi connectivity index (χ2v) is 7.27. The fraction of sp³-hybridized carbons (Fsp3) is 0.182. The summed E-state index contributed by atoms with van der Waals surface area (Å²) in [6.07, 6.45) is 0. The summed E-state index contributed by atoms with van der Waals surface area (Å²) in [5, 5.41) is 1.29. The maximum Gasteiger partial charge on any atom is 0.258 e. The van der Waals surface area contributed by atoms with Crippen molar-refractivity contribution >= 4 is 22.5 Å². The molecule has 0 saturated carbocycles. The Morgan fingerprint density at radius 3 is 2.64 bits per heavy atom. The minimum Gasteiger partial charge on any atom is -0.460 e. The van der Waals surface area contributed by atoms with Gasteiger partial charge in [0.05, 0.1) is 23.5 Å². The summed E-state index contributed by atoms with van der Waals surface area (Å²) in [4.78, 5) is 21.9. The Morgan fingerprint density at radius 1 is 1.11 bits per heavy atom. The number of aromatic nitrogens is 2. The molecule has 0 aliphatic heterocycles. The first-order valence-corrected chi connectivity index (χ1v) is 9.43. The molecule has 4 aromatic rings. The summed E-state index contributed by atoms with van der Waals surface area (Å²) in [6.45, 7) is 2.60. The van der Waals surface area contributed by atoms with E-state index in [2.05, 4.69) is 14.9 Å². The Labute approximate surface area is 167 Å². The van der Waals surface area contributed by atoms with Crippen LogP contribution in [0.5, 0.6) is 0 Å². The van der Waals surface area contributed by atoms with Gasteiger partial charge in [0, 0.05) is 10.6 Å². The van der Waals surface area contributed by atoms with Gasteiger partial charge in [-0.05, 0) is 62.5 Å². The van der Waals surface area contributed by atoms with Gasteiger partial charge in [0.25, 0.3) is 5.56 Å². The molecule has 142 valence electrons. The van der Waals surface area contributed by atoms with E-state index in [1.165, 1.54) is 0 Å². The lowest BCUT2D eigenvalue weighted by atomic mass is 10.2. The average molecular weight is 394 g/mol. The number of aromatic amines is 1. The van der Waals surface area contributed by atoms with Gasteiger partial charge in [-0.2, -0.15) is 0 Å². The third-order valence-electron chi connectivity index (χ3n) is 4.88. The van der Waals surface area contributed by atoms with Crippen LogP contribution in [0.3, 0.4) is 0 Å². The summed E-state index contributed by atoms with van der Waals surface area (Å²) in [7, 11) is 1.98. The highest BCUT2D eigenvalue weighted by atomic mass is 35.5. The van der Waals surface area contributed by atoms with Crippen molar-refractivity contribution in [3.05, 3.63) is 87.6 Å². The third-order valence-corrected chi connectivity index (χ3v) is 5.14. The van der Waals surface area contributed by atoms with Gasteiger partial charge >= 0.3 is 0 Å². The quantitative estimate of drug-likeness (QED) is 0.516. The Morgan fingerprint density at radius 2 is 1.86 bits per heavy atom. The molecule has 2 aromatic heterocycles. The van der Waals surface area contributed by atoms with Crippen LogP contribution in [0.2, 0.25) is 5.02 Å². The molecule has 0 radical (unpaired) electrons. The van der Waals surface area contributed by atoms with E-state index in [4.69, 9.17) is 16.0 Å². The molecule has 0 amide bonds. The van der Waals surface area contributed by atoms with Gasteiger partial charge in [-0.25, -0.2) is 4.98 Å². The molecule has 4 rings (SSSR count). The molecule has 2 aromatic carbocycles. The van der Waals surface area contributed by atoms with Crippen LogP contribution in [-0.2, 0) is 6.54 Å². The Bertz CT molecular complexity index is 1160. The molecule has 1 N–H and O–H groups in total. The Kier molecular flexibility index (Phi) is 5.03. The fourth-order valence-corrected chi connectivity index (χ4v) is 3.25. The maximum absolute atomic E-state index is 12.3. The summed E-state index contributed by atoms with van der Waals surface area (Å²) < 4.78 is 5.98. The van der Waals surface area contributed by atoms with E-state index in [9.17, 15) is 4.79 Å². The van der Waals surface area contributed by atoms with Crippen molar-refractivity contribution in [1.29, 1.82) is 0 Å². The predicted octanol–water partition coefficient (Wildman–Crippen LogP) is 5.03. The second kappa shape index (κ2) is 7.62. The summed E-state index contributed by atoms with van der Waals surface area (Å²) >= 11 is 5.95. The number of fused-ring (bicyclic) bond motifs is 1. The van der Waals surface area contributed by atoms with Crippen LogP contribution in [0.4, 0.5) is 0 Å². The number of H-pyrrole nitrogens is 1. The molecule has 0 bridgehead atoms. The number of hydrogen-bond acceptors (Lipinski definition) is 4. The molecule has 6 heteroatoms. The van der Waals surface area contributed by atoms with E-state index in [0.717, 1.165) is 17.1 Å². The van der Waals surface area contributed by atoms with Crippen LogP contribution in [0.15, 0.2) is 69.9 Å². The first-order valence-electron chi connectivity index (χ1n) is 9.05. The van der Waals surface area contributed by atoms with Crippen molar-refractivity contribution in [1.82, 2.24) is 14.9 Å². The van der Waals surface area contributed by atoms with Gasteiger partial charge < -0.3 is 9.40 Å². The number of rotatable bonds is 5. The normalized spacial score (nSPS) is 12.6. The number of furan rings is 1. The Balaban J connectivity index is 1.53. The molecular weight excluding hydrogens is 374 g/mol. The fourth-order valence-electron chi connectivity index (χ4n) is 3.13. The van der Waals surface area contributed by atoms with E-state index in [1.54, 1.807) is 6.07 Å². The topological polar surface area (TPSA) is 62.1 Å². The molecule has 5 nitrogen and oxygen atoms in total. The highest BCUT2D eigenvalue weighted by Gasteiger charge is 2.17. The van der Waals surface area contributed by atoms with Gasteiger partial charge in [-0.1, -0.05) is 23.7 Å². The smallest absolute Gasteiger partial charge is 0.258 e. The summed E-state index contributed by atoms with van der Waals surface area (Å²) in [5.74, 6) is 2.27. The second-order valence-electron chi connectivity index (χ2n) is 6.83. The minimum atomic E-state index is -0.121. The first kappa shape index (κ1) is 18.5. The summed E-state index contributed by atoms with van der Waals surface area (Å²) in [6, 6.07) is 18.7. The summed E-state index contributed by atoms with van der Waals surface area (Å²) in [5.41, 5.74) is 1.56. The number of halogens is 1. The highest BCUT2D eigenvalue weighted by Crippen LogP contribution is 2.25. The number of nitrogens with zero attached hydrogens (tertiary/aromatic N) is 2.